The number of morpholine rings is 1. The predicted molar refractivity (Wildman–Crippen MR) is 150 cm³/mol. The average Bonchev–Trinajstić information content (AvgIpc) is 3.52. The van der Waals surface area contributed by atoms with Crippen molar-refractivity contribution in [2.75, 3.05) is 52.3 Å². The summed E-state index contributed by atoms with van der Waals surface area (Å²) < 4.78 is 11.7. The van der Waals surface area contributed by atoms with E-state index in [1.54, 1.807) is 17.7 Å². The molecule has 0 spiro atoms. The fourth-order valence-electron chi connectivity index (χ4n) is 5.53. The number of ether oxygens (including phenoxy) is 2. The molecule has 9 nitrogen and oxygen atoms in total. The normalized spacial score (nSPS) is 20.6. The number of nitrogens with one attached hydrogen (secondary N) is 1. The van der Waals surface area contributed by atoms with Gasteiger partial charge in [0.1, 0.15) is 29.3 Å². The summed E-state index contributed by atoms with van der Waals surface area (Å²) in [5.41, 5.74) is 4.41. The zero-order valence-electron chi connectivity index (χ0n) is 22.2. The molecule has 1 aliphatic carbocycles. The second-order valence-corrected chi connectivity index (χ2v) is 11.7. The van der Waals surface area contributed by atoms with Gasteiger partial charge in [-0.1, -0.05) is 0 Å². The maximum absolute atomic E-state index is 13.4. The molecule has 3 aromatic rings. The Morgan fingerprint density at radius 2 is 2.21 bits per heavy atom. The predicted octanol–water partition coefficient (Wildman–Crippen LogP) is 3.66. The first kappa shape index (κ1) is 25.2. The molecule has 1 N–H and O–H groups in total. The molecule has 0 unspecified atom stereocenters. The Balaban J connectivity index is 1.28. The monoisotopic (exact) mass is 534 g/mol. The Morgan fingerprint density at radius 1 is 1.32 bits per heavy atom. The molecule has 38 heavy (non-hydrogen) atoms. The number of aryl methyl sites for hydroxylation is 1. The molecule has 1 amide bonds. The number of fused-ring (bicyclic) bond motifs is 4. The summed E-state index contributed by atoms with van der Waals surface area (Å²) in [6.45, 7) is 6.08. The Hall–Kier alpha value is -3.08. The summed E-state index contributed by atoms with van der Waals surface area (Å²) in [5, 5.41) is 4.64. The van der Waals surface area contributed by atoms with E-state index in [9.17, 15) is 4.79 Å². The average molecular weight is 535 g/mol. The maximum atomic E-state index is 13.4. The Labute approximate surface area is 226 Å². The van der Waals surface area contributed by atoms with Crippen molar-refractivity contribution in [2.45, 2.75) is 38.8 Å². The van der Waals surface area contributed by atoms with Crippen LogP contribution in [0.5, 0.6) is 5.75 Å². The highest BCUT2D eigenvalue weighted by molar-refractivity contribution is 7.19. The van der Waals surface area contributed by atoms with Gasteiger partial charge in [0.05, 0.1) is 36.9 Å². The molecule has 2 atom stereocenters. The van der Waals surface area contributed by atoms with Crippen LogP contribution in [0, 0.1) is 5.92 Å². The van der Waals surface area contributed by atoms with Crippen molar-refractivity contribution in [3.63, 3.8) is 0 Å². The number of hydrogen-bond acceptors (Lipinski definition) is 9. The highest BCUT2D eigenvalue weighted by atomic mass is 32.1. The Bertz CT molecular complexity index is 1390. The fraction of sp³-hybridized carbons (Fsp3) is 0.500. The number of thiophene rings is 1. The summed E-state index contributed by atoms with van der Waals surface area (Å²) in [7, 11) is 4.08. The van der Waals surface area contributed by atoms with E-state index in [0.29, 0.717) is 32.9 Å². The van der Waals surface area contributed by atoms with Gasteiger partial charge < -0.3 is 24.6 Å². The van der Waals surface area contributed by atoms with Crippen LogP contribution in [0.15, 0.2) is 23.5 Å². The zero-order valence-corrected chi connectivity index (χ0v) is 23.0. The third-order valence-electron chi connectivity index (χ3n) is 7.63. The minimum Gasteiger partial charge on any atom is -0.490 e. The number of aromatic nitrogens is 2. The van der Waals surface area contributed by atoms with E-state index in [4.69, 9.17) is 9.47 Å². The smallest absolute Gasteiger partial charge is 0.226 e. The van der Waals surface area contributed by atoms with Crippen molar-refractivity contribution in [3.05, 3.63) is 40.0 Å². The first-order chi connectivity index (χ1) is 18.5. The third kappa shape index (κ3) is 4.88. The minimum atomic E-state index is 0.00757. The van der Waals surface area contributed by atoms with E-state index in [2.05, 4.69) is 44.2 Å². The number of likely N-dealkylation sites (N-methyl/N-ethyl adjacent to an activating group) is 1. The largest absolute Gasteiger partial charge is 0.490 e. The van der Waals surface area contributed by atoms with E-state index in [0.717, 1.165) is 58.8 Å². The van der Waals surface area contributed by atoms with Crippen molar-refractivity contribution in [1.82, 2.24) is 19.8 Å². The van der Waals surface area contributed by atoms with Gasteiger partial charge in [-0.3, -0.25) is 9.79 Å². The first-order valence-corrected chi connectivity index (χ1v) is 14.1. The van der Waals surface area contributed by atoms with Gasteiger partial charge in [0.15, 0.2) is 0 Å². The molecule has 1 aromatic carbocycles. The van der Waals surface area contributed by atoms with Crippen LogP contribution in [-0.4, -0.2) is 84.9 Å². The quantitative estimate of drug-likeness (QED) is 0.495. The first-order valence-electron chi connectivity index (χ1n) is 13.3. The lowest BCUT2D eigenvalue weighted by atomic mass is 9.86. The van der Waals surface area contributed by atoms with Crippen LogP contribution in [-0.2, 0) is 28.9 Å². The van der Waals surface area contributed by atoms with E-state index in [-0.39, 0.29) is 17.9 Å². The number of carbonyl (C=O) groups excluding carboxylic acids is 1. The van der Waals surface area contributed by atoms with Crippen LogP contribution < -0.4 is 10.1 Å². The van der Waals surface area contributed by atoms with Crippen LogP contribution in [0.3, 0.4) is 0 Å². The molecule has 10 heteroatoms. The van der Waals surface area contributed by atoms with Crippen LogP contribution in [0.1, 0.15) is 34.9 Å². The second kappa shape index (κ2) is 10.6. The number of carbonyl (C=O) groups is 1. The number of benzene rings is 1. The topological polar surface area (TPSA) is 92.2 Å². The van der Waals surface area contributed by atoms with Gasteiger partial charge in [-0.25, -0.2) is 9.97 Å². The molecule has 4 heterocycles. The van der Waals surface area contributed by atoms with Crippen molar-refractivity contribution < 1.29 is 14.3 Å². The van der Waals surface area contributed by atoms with Crippen molar-refractivity contribution in [1.29, 1.82) is 0 Å². The number of anilines is 2. The summed E-state index contributed by atoms with van der Waals surface area (Å²) in [6.07, 6.45) is 5.97. The number of aliphatic imine (C=N–C) groups is 1. The summed E-state index contributed by atoms with van der Waals surface area (Å²) >= 11 is 1.69. The lowest BCUT2D eigenvalue weighted by molar-refractivity contribution is -0.143. The molecular weight excluding hydrogens is 500 g/mol. The molecule has 1 saturated heterocycles. The summed E-state index contributed by atoms with van der Waals surface area (Å²) in [5.74, 6) is 1.85. The maximum Gasteiger partial charge on any atom is 0.226 e. The van der Waals surface area contributed by atoms with Gasteiger partial charge in [-0.2, -0.15) is 0 Å². The molecular formula is C28H34N6O3S. The Kier molecular flexibility index (Phi) is 7.03. The number of hydrogen-bond donors (Lipinski definition) is 1. The van der Waals surface area contributed by atoms with Gasteiger partial charge in [-0.15, -0.1) is 11.3 Å². The van der Waals surface area contributed by atoms with Gasteiger partial charge >= 0.3 is 0 Å². The summed E-state index contributed by atoms with van der Waals surface area (Å²) in [6, 6.07) is 4.32. The lowest BCUT2D eigenvalue weighted by Crippen LogP contribution is -2.50. The van der Waals surface area contributed by atoms with Gasteiger partial charge in [0, 0.05) is 30.1 Å². The number of rotatable bonds is 7. The van der Waals surface area contributed by atoms with E-state index in [1.165, 1.54) is 16.0 Å². The molecule has 0 bridgehead atoms. The summed E-state index contributed by atoms with van der Waals surface area (Å²) in [4.78, 5) is 33.4. The molecule has 0 radical (unpaired) electrons. The van der Waals surface area contributed by atoms with Crippen LogP contribution in [0.4, 0.5) is 11.5 Å². The van der Waals surface area contributed by atoms with E-state index >= 15 is 0 Å². The highest BCUT2D eigenvalue weighted by Gasteiger charge is 2.34. The van der Waals surface area contributed by atoms with Crippen molar-refractivity contribution in [2.24, 2.45) is 10.9 Å². The standard InChI is InChI=1S/C28H34N6O3S/c1-17-15-36-8-7-34(17)28(35)18-4-5-21-24(12-18)38-27-25(21)26(30-16-31-27)32-22-10-19-13-29-14-20(19)11-23(22)37-9-6-33(2)3/h10-11,13,16-18H,4-9,12,14-15H2,1-3H3,(H,30,31,32)/t17-,18-/m0/s1. The molecule has 2 aromatic heterocycles. The minimum absolute atomic E-state index is 0.00757. The van der Waals surface area contributed by atoms with Gasteiger partial charge in [0.25, 0.3) is 0 Å². The van der Waals surface area contributed by atoms with Gasteiger partial charge in [-0.05, 0) is 69.1 Å². The van der Waals surface area contributed by atoms with Crippen molar-refractivity contribution in [3.8, 4) is 5.75 Å². The SMILES string of the molecule is C[C@H]1COCCN1C(=O)[C@H]1CCc2c(sc3ncnc(Nc4cc5c(cc4OCCN(C)C)CN=C5)c23)C1. The van der Waals surface area contributed by atoms with Gasteiger partial charge in [0.2, 0.25) is 5.91 Å². The van der Waals surface area contributed by atoms with Crippen molar-refractivity contribution >= 4 is 45.2 Å². The molecule has 6 rings (SSSR count). The molecule has 1 fully saturated rings. The molecule has 3 aliphatic rings. The van der Waals surface area contributed by atoms with Crippen LogP contribution in [0.2, 0.25) is 0 Å². The van der Waals surface area contributed by atoms with Crippen LogP contribution >= 0.6 is 11.3 Å². The number of nitrogens with zero attached hydrogens (tertiary/aromatic N) is 5. The van der Waals surface area contributed by atoms with E-state index < -0.39 is 0 Å². The zero-order chi connectivity index (χ0) is 26.2. The fourth-order valence-corrected chi connectivity index (χ4v) is 6.79. The van der Waals surface area contributed by atoms with Crippen LogP contribution in [0.25, 0.3) is 10.2 Å². The lowest BCUT2D eigenvalue weighted by Gasteiger charge is -2.36. The molecule has 2 aliphatic heterocycles. The van der Waals surface area contributed by atoms with E-state index in [1.807, 2.05) is 25.2 Å². The molecule has 0 saturated carbocycles. The Morgan fingerprint density at radius 3 is 3.05 bits per heavy atom. The second-order valence-electron chi connectivity index (χ2n) is 10.6. The number of amides is 1. The highest BCUT2D eigenvalue weighted by Crippen LogP contribution is 2.42. The molecule has 200 valence electrons. The third-order valence-corrected chi connectivity index (χ3v) is 8.79.